The smallest absolute Gasteiger partial charge is 0.0201 e. The summed E-state index contributed by atoms with van der Waals surface area (Å²) in [7, 11) is 0. The zero-order valence-electron chi connectivity index (χ0n) is 18.3. The monoisotopic (exact) mass is 380 g/mol. The average Bonchev–Trinajstić information content (AvgIpc) is 3.29. The zero-order valence-corrected chi connectivity index (χ0v) is 18.3. The van der Waals surface area contributed by atoms with Gasteiger partial charge in [-0.3, -0.25) is 0 Å². The SMILES string of the molecule is C=C(C)C1=C(C)C=C2CC(=CC3=CC=CC3)C(=C)C2C1c1ccc(C(C)C)cc1. The summed E-state index contributed by atoms with van der Waals surface area (Å²) in [4.78, 5) is 0. The molecule has 1 fully saturated rings. The molecule has 2 unspecified atom stereocenters. The molecular weight excluding hydrogens is 348 g/mol. The maximum absolute atomic E-state index is 4.59. The summed E-state index contributed by atoms with van der Waals surface area (Å²) in [5.74, 6) is 1.20. The second-order valence-corrected chi connectivity index (χ2v) is 9.12. The first-order valence-electron chi connectivity index (χ1n) is 10.8. The fourth-order valence-corrected chi connectivity index (χ4v) is 5.18. The molecular formula is C29H32. The summed E-state index contributed by atoms with van der Waals surface area (Å²) >= 11 is 0. The first-order chi connectivity index (χ1) is 13.9. The highest BCUT2D eigenvalue weighted by Crippen LogP contribution is 2.54. The molecule has 3 aliphatic carbocycles. The van der Waals surface area contributed by atoms with E-state index < -0.39 is 0 Å². The summed E-state index contributed by atoms with van der Waals surface area (Å²) in [6.45, 7) is 17.8. The van der Waals surface area contributed by atoms with Gasteiger partial charge in [0.15, 0.2) is 0 Å². The molecule has 0 heteroatoms. The Morgan fingerprint density at radius 1 is 1.14 bits per heavy atom. The summed E-state index contributed by atoms with van der Waals surface area (Å²) in [6.07, 6.45) is 13.4. The van der Waals surface area contributed by atoms with Crippen LogP contribution in [-0.2, 0) is 0 Å². The zero-order chi connectivity index (χ0) is 20.7. The summed E-state index contributed by atoms with van der Waals surface area (Å²) in [5.41, 5.74) is 12.3. The molecule has 0 heterocycles. The van der Waals surface area contributed by atoms with Crippen LogP contribution in [0.2, 0.25) is 0 Å². The molecule has 0 amide bonds. The Hall–Kier alpha value is -2.60. The van der Waals surface area contributed by atoms with Gasteiger partial charge in [-0.25, -0.2) is 0 Å². The van der Waals surface area contributed by atoms with Gasteiger partial charge in [-0.05, 0) is 71.6 Å². The van der Waals surface area contributed by atoms with E-state index in [9.17, 15) is 0 Å². The van der Waals surface area contributed by atoms with Crippen LogP contribution < -0.4 is 0 Å². The molecule has 0 N–H and O–H groups in total. The van der Waals surface area contributed by atoms with E-state index in [0.29, 0.717) is 17.8 Å². The number of hydrogen-bond donors (Lipinski definition) is 0. The number of allylic oxidation sites excluding steroid dienone is 12. The Morgan fingerprint density at radius 3 is 2.45 bits per heavy atom. The Morgan fingerprint density at radius 2 is 1.86 bits per heavy atom. The largest absolute Gasteiger partial charge is 0.0958 e. The fraction of sp³-hybridized carbons (Fsp3) is 0.310. The van der Waals surface area contributed by atoms with Crippen LogP contribution in [0.25, 0.3) is 0 Å². The van der Waals surface area contributed by atoms with Crippen molar-refractivity contribution in [1.82, 2.24) is 0 Å². The maximum Gasteiger partial charge on any atom is 0.0201 e. The van der Waals surface area contributed by atoms with Crippen molar-refractivity contribution in [2.24, 2.45) is 5.92 Å². The molecule has 0 aromatic heterocycles. The van der Waals surface area contributed by atoms with Gasteiger partial charge in [-0.2, -0.15) is 0 Å². The van der Waals surface area contributed by atoms with Gasteiger partial charge in [0, 0.05) is 11.8 Å². The number of benzene rings is 1. The van der Waals surface area contributed by atoms with E-state index in [1.165, 1.54) is 50.1 Å². The van der Waals surface area contributed by atoms with E-state index in [4.69, 9.17) is 0 Å². The van der Waals surface area contributed by atoms with Crippen molar-refractivity contribution in [3.05, 3.63) is 118 Å². The predicted molar refractivity (Wildman–Crippen MR) is 126 cm³/mol. The Balaban J connectivity index is 1.78. The second-order valence-electron chi connectivity index (χ2n) is 9.12. The third-order valence-electron chi connectivity index (χ3n) is 6.63. The molecule has 4 rings (SSSR count). The molecule has 2 atom stereocenters. The van der Waals surface area contributed by atoms with Gasteiger partial charge in [-0.15, -0.1) is 0 Å². The van der Waals surface area contributed by atoms with Crippen LogP contribution in [0.15, 0.2) is 107 Å². The molecule has 0 radical (unpaired) electrons. The van der Waals surface area contributed by atoms with Crippen molar-refractivity contribution >= 4 is 0 Å². The van der Waals surface area contributed by atoms with E-state index in [-0.39, 0.29) is 0 Å². The van der Waals surface area contributed by atoms with E-state index >= 15 is 0 Å². The third-order valence-corrected chi connectivity index (χ3v) is 6.63. The van der Waals surface area contributed by atoms with Gasteiger partial charge in [0.2, 0.25) is 0 Å². The minimum Gasteiger partial charge on any atom is -0.0958 e. The molecule has 1 saturated carbocycles. The normalized spacial score (nSPS) is 25.0. The summed E-state index contributed by atoms with van der Waals surface area (Å²) in [5, 5.41) is 0. The minimum atomic E-state index is 0.308. The van der Waals surface area contributed by atoms with Crippen LogP contribution in [0, 0.1) is 5.92 Å². The van der Waals surface area contributed by atoms with E-state index in [2.05, 4.69) is 95.5 Å². The Kier molecular flexibility index (Phi) is 5.21. The van der Waals surface area contributed by atoms with E-state index in [1.54, 1.807) is 0 Å². The predicted octanol–water partition coefficient (Wildman–Crippen LogP) is 8.12. The van der Waals surface area contributed by atoms with Crippen molar-refractivity contribution in [3.8, 4) is 0 Å². The van der Waals surface area contributed by atoms with Crippen molar-refractivity contribution in [3.63, 3.8) is 0 Å². The van der Waals surface area contributed by atoms with Crippen molar-refractivity contribution in [2.45, 2.75) is 52.4 Å². The lowest BCUT2D eigenvalue weighted by Crippen LogP contribution is -2.20. The molecule has 1 aromatic carbocycles. The molecule has 0 bridgehead atoms. The van der Waals surface area contributed by atoms with Crippen LogP contribution in [0.5, 0.6) is 0 Å². The molecule has 29 heavy (non-hydrogen) atoms. The Bertz CT molecular complexity index is 1010. The topological polar surface area (TPSA) is 0 Å². The lowest BCUT2D eigenvalue weighted by atomic mass is 9.69. The highest BCUT2D eigenvalue weighted by Gasteiger charge is 2.40. The van der Waals surface area contributed by atoms with Gasteiger partial charge >= 0.3 is 0 Å². The lowest BCUT2D eigenvalue weighted by Gasteiger charge is -2.34. The van der Waals surface area contributed by atoms with E-state index in [1.807, 2.05) is 0 Å². The number of fused-ring (bicyclic) bond motifs is 1. The van der Waals surface area contributed by atoms with Gasteiger partial charge < -0.3 is 0 Å². The van der Waals surface area contributed by atoms with Gasteiger partial charge in [0.05, 0.1) is 0 Å². The quantitative estimate of drug-likeness (QED) is 0.495. The fourth-order valence-electron chi connectivity index (χ4n) is 5.18. The highest BCUT2D eigenvalue weighted by atomic mass is 14.4. The van der Waals surface area contributed by atoms with E-state index in [0.717, 1.165) is 12.8 Å². The number of hydrogen-bond acceptors (Lipinski definition) is 0. The molecule has 0 saturated heterocycles. The van der Waals surface area contributed by atoms with Crippen LogP contribution >= 0.6 is 0 Å². The molecule has 148 valence electrons. The average molecular weight is 381 g/mol. The van der Waals surface area contributed by atoms with Crippen molar-refractivity contribution in [1.29, 1.82) is 0 Å². The summed E-state index contributed by atoms with van der Waals surface area (Å²) in [6, 6.07) is 9.26. The molecule has 0 spiro atoms. The molecule has 0 nitrogen and oxygen atoms in total. The first-order valence-corrected chi connectivity index (χ1v) is 10.8. The van der Waals surface area contributed by atoms with Crippen molar-refractivity contribution in [2.75, 3.05) is 0 Å². The molecule has 0 aliphatic heterocycles. The van der Waals surface area contributed by atoms with Gasteiger partial charge in [0.1, 0.15) is 0 Å². The highest BCUT2D eigenvalue weighted by molar-refractivity contribution is 5.61. The number of rotatable bonds is 4. The van der Waals surface area contributed by atoms with Crippen molar-refractivity contribution < 1.29 is 0 Å². The first kappa shape index (κ1) is 19.7. The van der Waals surface area contributed by atoms with Crippen LogP contribution in [0.4, 0.5) is 0 Å². The minimum absolute atomic E-state index is 0.308. The van der Waals surface area contributed by atoms with Gasteiger partial charge in [-0.1, -0.05) is 92.8 Å². The maximum atomic E-state index is 4.59. The van der Waals surface area contributed by atoms with Crippen LogP contribution in [0.3, 0.4) is 0 Å². The molecule has 1 aromatic rings. The third kappa shape index (κ3) is 3.57. The second kappa shape index (κ2) is 7.67. The van der Waals surface area contributed by atoms with Crippen LogP contribution in [-0.4, -0.2) is 0 Å². The molecule has 3 aliphatic rings. The lowest BCUT2D eigenvalue weighted by molar-refractivity contribution is 0.625. The Labute approximate surface area is 176 Å². The summed E-state index contributed by atoms with van der Waals surface area (Å²) < 4.78 is 0. The van der Waals surface area contributed by atoms with Gasteiger partial charge in [0.25, 0.3) is 0 Å². The van der Waals surface area contributed by atoms with Crippen LogP contribution in [0.1, 0.15) is 63.5 Å². The standard InChI is InChI=1S/C29H32/c1-18(2)23-11-13-24(14-12-23)29-27(19(3)4)20(5)15-26-17-25(21(6)28(26)29)16-22-9-7-8-10-22/h7-9,11-16,18,28-29H,3,6,10,17H2,1-2,4-5H3.